The number of halogens is 1. The van der Waals surface area contributed by atoms with Crippen molar-refractivity contribution in [2.24, 2.45) is 4.99 Å². The highest BCUT2D eigenvalue weighted by Crippen LogP contribution is 2.41. The zero-order chi connectivity index (χ0) is 12.3. The van der Waals surface area contributed by atoms with Gasteiger partial charge in [0.1, 0.15) is 0 Å². The molecule has 2 rings (SSSR count). The number of benzene rings is 1. The third-order valence-electron chi connectivity index (χ3n) is 2.64. The number of fused-ring (bicyclic) bond motifs is 1. The number of aliphatic imine (C=N–C) groups is 1. The Bertz CT molecular complexity index is 481. The lowest BCUT2D eigenvalue weighted by molar-refractivity contribution is 0.296. The van der Waals surface area contributed by atoms with Gasteiger partial charge in [0.05, 0.1) is 24.8 Å². The van der Waals surface area contributed by atoms with Crippen LogP contribution in [0.1, 0.15) is 17.5 Å². The van der Waals surface area contributed by atoms with E-state index in [1.807, 2.05) is 6.92 Å². The van der Waals surface area contributed by atoms with Crippen molar-refractivity contribution < 1.29 is 14.3 Å². The third-order valence-corrected chi connectivity index (χ3v) is 2.92. The van der Waals surface area contributed by atoms with E-state index in [1.165, 1.54) is 6.08 Å². The molecule has 17 heavy (non-hydrogen) atoms. The first-order valence-electron chi connectivity index (χ1n) is 5.35. The van der Waals surface area contributed by atoms with Crippen LogP contribution in [0.2, 0.25) is 5.02 Å². The number of carbonyl (C=O) groups excluding carboxylic acids is 1. The van der Waals surface area contributed by atoms with Crippen molar-refractivity contribution in [2.45, 2.75) is 19.9 Å². The van der Waals surface area contributed by atoms with Gasteiger partial charge in [-0.2, -0.15) is 0 Å². The summed E-state index contributed by atoms with van der Waals surface area (Å²) in [5.74, 6) is 1.24. The highest BCUT2D eigenvalue weighted by Gasteiger charge is 2.19. The Labute approximate surface area is 104 Å². The van der Waals surface area contributed by atoms with Crippen LogP contribution in [-0.4, -0.2) is 19.3 Å². The van der Waals surface area contributed by atoms with Crippen molar-refractivity contribution in [3.8, 4) is 11.5 Å². The number of ether oxygens (including phenoxy) is 2. The molecule has 0 saturated carbocycles. The molecular weight excluding hydrogens is 242 g/mol. The second kappa shape index (κ2) is 5.21. The molecule has 0 fully saturated rings. The number of isocyanates is 1. The Kier molecular flexibility index (Phi) is 3.67. The molecule has 0 amide bonds. The fourth-order valence-corrected chi connectivity index (χ4v) is 2.02. The highest BCUT2D eigenvalue weighted by molar-refractivity contribution is 6.32. The SMILES string of the molecule is Cc1c(CN=C=O)cc(Cl)c2c1OCCCO2. The number of rotatable bonds is 2. The lowest BCUT2D eigenvalue weighted by Gasteiger charge is -2.14. The molecule has 0 aromatic heterocycles. The van der Waals surface area contributed by atoms with Crippen LogP contribution in [0.4, 0.5) is 0 Å². The third kappa shape index (κ3) is 2.43. The van der Waals surface area contributed by atoms with Gasteiger partial charge in [0.15, 0.2) is 11.5 Å². The first kappa shape index (κ1) is 12.0. The summed E-state index contributed by atoms with van der Waals surface area (Å²) >= 11 is 6.13. The summed E-state index contributed by atoms with van der Waals surface area (Å²) < 4.78 is 11.2. The van der Waals surface area contributed by atoms with Crippen LogP contribution in [0, 0.1) is 6.92 Å². The molecular formula is C12H12ClNO3. The van der Waals surface area contributed by atoms with E-state index in [-0.39, 0.29) is 6.54 Å². The van der Waals surface area contributed by atoms with Gasteiger partial charge < -0.3 is 9.47 Å². The fourth-order valence-electron chi connectivity index (χ4n) is 1.75. The zero-order valence-corrected chi connectivity index (χ0v) is 10.2. The van der Waals surface area contributed by atoms with E-state index in [0.717, 1.165) is 17.5 Å². The van der Waals surface area contributed by atoms with Crippen LogP contribution in [-0.2, 0) is 11.3 Å². The van der Waals surface area contributed by atoms with Crippen LogP contribution < -0.4 is 9.47 Å². The molecule has 0 radical (unpaired) electrons. The Hall–Kier alpha value is -1.51. The molecule has 1 heterocycles. The summed E-state index contributed by atoms with van der Waals surface area (Å²) in [6.45, 7) is 3.35. The molecule has 4 nitrogen and oxygen atoms in total. The monoisotopic (exact) mass is 253 g/mol. The second-order valence-electron chi connectivity index (χ2n) is 3.76. The van der Waals surface area contributed by atoms with Crippen molar-refractivity contribution >= 4 is 17.7 Å². The summed E-state index contributed by atoms with van der Waals surface area (Å²) in [7, 11) is 0. The molecule has 90 valence electrons. The predicted molar refractivity (Wildman–Crippen MR) is 63.6 cm³/mol. The van der Waals surface area contributed by atoms with Crippen LogP contribution in [0.5, 0.6) is 11.5 Å². The maximum atomic E-state index is 10.1. The minimum atomic E-state index is 0.256. The molecule has 0 unspecified atom stereocenters. The van der Waals surface area contributed by atoms with Gasteiger partial charge in [-0.05, 0) is 18.6 Å². The number of hydrogen-bond acceptors (Lipinski definition) is 4. The van der Waals surface area contributed by atoms with E-state index in [9.17, 15) is 4.79 Å². The molecule has 5 heteroatoms. The number of hydrogen-bond donors (Lipinski definition) is 0. The minimum absolute atomic E-state index is 0.256. The molecule has 0 aliphatic carbocycles. The minimum Gasteiger partial charge on any atom is -0.489 e. The van der Waals surface area contributed by atoms with E-state index in [2.05, 4.69) is 4.99 Å². The van der Waals surface area contributed by atoms with Crippen molar-refractivity contribution in [3.05, 3.63) is 22.2 Å². The average molecular weight is 254 g/mol. The Balaban J connectivity index is 2.48. The highest BCUT2D eigenvalue weighted by atomic mass is 35.5. The molecule has 1 aromatic rings. The fraction of sp³-hybridized carbons (Fsp3) is 0.417. The molecule has 1 aliphatic rings. The maximum Gasteiger partial charge on any atom is 0.235 e. The van der Waals surface area contributed by atoms with Gasteiger partial charge in [0.25, 0.3) is 0 Å². The van der Waals surface area contributed by atoms with Gasteiger partial charge in [0, 0.05) is 12.0 Å². The van der Waals surface area contributed by atoms with Crippen LogP contribution >= 0.6 is 11.6 Å². The van der Waals surface area contributed by atoms with Gasteiger partial charge in [0.2, 0.25) is 6.08 Å². The van der Waals surface area contributed by atoms with Crippen molar-refractivity contribution in [2.75, 3.05) is 13.2 Å². The van der Waals surface area contributed by atoms with Crippen LogP contribution in [0.15, 0.2) is 11.1 Å². The first-order chi connectivity index (χ1) is 8.24. The standard InChI is InChI=1S/C12H12ClNO3/c1-8-9(6-14-7-15)5-10(13)12-11(8)16-3-2-4-17-12/h5H,2-4,6H2,1H3. The van der Waals surface area contributed by atoms with Gasteiger partial charge >= 0.3 is 0 Å². The Morgan fingerprint density at radius 3 is 2.82 bits per heavy atom. The van der Waals surface area contributed by atoms with Gasteiger partial charge in [-0.15, -0.1) is 0 Å². The molecule has 1 aromatic carbocycles. The summed E-state index contributed by atoms with van der Waals surface area (Å²) in [6, 6.07) is 1.76. The topological polar surface area (TPSA) is 47.9 Å². The Morgan fingerprint density at radius 2 is 2.12 bits per heavy atom. The van der Waals surface area contributed by atoms with Crippen LogP contribution in [0.25, 0.3) is 0 Å². The van der Waals surface area contributed by atoms with Gasteiger partial charge in [-0.1, -0.05) is 11.6 Å². The summed E-state index contributed by atoms with van der Waals surface area (Å²) in [5.41, 5.74) is 1.76. The number of nitrogens with zero attached hydrogens (tertiary/aromatic N) is 1. The smallest absolute Gasteiger partial charge is 0.235 e. The van der Waals surface area contributed by atoms with E-state index in [1.54, 1.807) is 6.07 Å². The summed E-state index contributed by atoms with van der Waals surface area (Å²) in [6.07, 6.45) is 2.34. The predicted octanol–water partition coefficient (Wildman–Crippen LogP) is 2.65. The molecule has 0 saturated heterocycles. The molecule has 1 aliphatic heterocycles. The van der Waals surface area contributed by atoms with Gasteiger partial charge in [-0.25, -0.2) is 9.79 Å². The van der Waals surface area contributed by atoms with E-state index >= 15 is 0 Å². The quantitative estimate of drug-likeness (QED) is 0.601. The molecule has 0 atom stereocenters. The summed E-state index contributed by atoms with van der Waals surface area (Å²) in [4.78, 5) is 13.7. The van der Waals surface area contributed by atoms with Crippen molar-refractivity contribution in [3.63, 3.8) is 0 Å². The molecule has 0 N–H and O–H groups in total. The average Bonchev–Trinajstić information content (AvgIpc) is 2.58. The molecule has 0 spiro atoms. The maximum absolute atomic E-state index is 10.1. The summed E-state index contributed by atoms with van der Waals surface area (Å²) in [5, 5.41) is 0.489. The van der Waals surface area contributed by atoms with E-state index in [4.69, 9.17) is 21.1 Å². The van der Waals surface area contributed by atoms with Crippen LogP contribution in [0.3, 0.4) is 0 Å². The Morgan fingerprint density at radius 1 is 1.41 bits per heavy atom. The second-order valence-corrected chi connectivity index (χ2v) is 4.17. The van der Waals surface area contributed by atoms with Crippen molar-refractivity contribution in [1.29, 1.82) is 0 Å². The lowest BCUT2D eigenvalue weighted by atomic mass is 10.1. The first-order valence-corrected chi connectivity index (χ1v) is 5.73. The molecule has 0 bridgehead atoms. The normalized spacial score (nSPS) is 13.8. The van der Waals surface area contributed by atoms with E-state index < -0.39 is 0 Å². The van der Waals surface area contributed by atoms with E-state index in [0.29, 0.717) is 29.7 Å². The largest absolute Gasteiger partial charge is 0.489 e. The van der Waals surface area contributed by atoms with Gasteiger partial charge in [-0.3, -0.25) is 0 Å². The zero-order valence-electron chi connectivity index (χ0n) is 9.46. The van der Waals surface area contributed by atoms with Crippen molar-refractivity contribution in [1.82, 2.24) is 0 Å². The lowest BCUT2D eigenvalue weighted by Crippen LogP contribution is -1.99.